The van der Waals surface area contributed by atoms with Crippen molar-refractivity contribution in [1.29, 1.82) is 0 Å². The van der Waals surface area contributed by atoms with Crippen LogP contribution in [-0.4, -0.2) is 23.3 Å². The summed E-state index contributed by atoms with van der Waals surface area (Å²) >= 11 is 1.46. The van der Waals surface area contributed by atoms with Gasteiger partial charge in [0.25, 0.3) is 11.8 Å². The van der Waals surface area contributed by atoms with Gasteiger partial charge in [0.2, 0.25) is 0 Å². The van der Waals surface area contributed by atoms with Crippen LogP contribution in [-0.2, 0) is 13.0 Å². The predicted molar refractivity (Wildman–Crippen MR) is 102 cm³/mol. The molecule has 1 N–H and O–H groups in total. The smallest absolute Gasteiger partial charge is 0.261 e. The normalized spacial score (nSPS) is 12.7. The summed E-state index contributed by atoms with van der Waals surface area (Å²) < 4.78 is 0. The van der Waals surface area contributed by atoms with Gasteiger partial charge in [-0.3, -0.25) is 14.6 Å². The van der Waals surface area contributed by atoms with E-state index in [1.807, 2.05) is 48.5 Å². The Balaban J connectivity index is 1.48. The number of pyridine rings is 1. The SMILES string of the molecule is O=C(NCc1ccncc1)c1cc2c(s1)CCN2C(=O)c1ccccc1. The van der Waals surface area contributed by atoms with Crippen molar-refractivity contribution in [2.45, 2.75) is 13.0 Å². The number of benzene rings is 1. The molecular formula is C20H17N3O2S. The van der Waals surface area contributed by atoms with Crippen LogP contribution in [0.5, 0.6) is 0 Å². The van der Waals surface area contributed by atoms with E-state index in [4.69, 9.17) is 0 Å². The fraction of sp³-hybridized carbons (Fsp3) is 0.150. The molecule has 1 aliphatic rings. The van der Waals surface area contributed by atoms with Crippen LogP contribution < -0.4 is 10.2 Å². The molecule has 0 fully saturated rings. The van der Waals surface area contributed by atoms with Crippen molar-refractivity contribution in [3.05, 3.63) is 81.8 Å². The number of thiophene rings is 1. The van der Waals surface area contributed by atoms with Crippen LogP contribution in [0.15, 0.2) is 60.9 Å². The van der Waals surface area contributed by atoms with E-state index in [1.165, 1.54) is 11.3 Å². The Labute approximate surface area is 155 Å². The zero-order chi connectivity index (χ0) is 17.9. The highest BCUT2D eigenvalue weighted by molar-refractivity contribution is 7.14. The number of aromatic nitrogens is 1. The molecule has 0 radical (unpaired) electrons. The van der Waals surface area contributed by atoms with Crippen molar-refractivity contribution in [1.82, 2.24) is 10.3 Å². The maximum atomic E-state index is 12.7. The molecule has 3 aromatic rings. The van der Waals surface area contributed by atoms with E-state index in [9.17, 15) is 9.59 Å². The topological polar surface area (TPSA) is 62.3 Å². The van der Waals surface area contributed by atoms with Gasteiger partial charge in [0.05, 0.1) is 10.6 Å². The average molecular weight is 363 g/mol. The van der Waals surface area contributed by atoms with Gasteiger partial charge in [0.1, 0.15) is 0 Å². The van der Waals surface area contributed by atoms with Crippen molar-refractivity contribution >= 4 is 28.8 Å². The molecule has 130 valence electrons. The first kappa shape index (κ1) is 16.5. The Morgan fingerprint density at radius 1 is 1.12 bits per heavy atom. The van der Waals surface area contributed by atoms with E-state index in [0.717, 1.165) is 22.5 Å². The van der Waals surface area contributed by atoms with Crippen LogP contribution in [0.4, 0.5) is 5.69 Å². The summed E-state index contributed by atoms with van der Waals surface area (Å²) in [5, 5.41) is 2.92. The summed E-state index contributed by atoms with van der Waals surface area (Å²) in [4.78, 5) is 32.6. The second kappa shape index (κ2) is 7.09. The molecule has 4 rings (SSSR count). The molecule has 0 spiro atoms. The highest BCUT2D eigenvalue weighted by Gasteiger charge is 2.29. The third kappa shape index (κ3) is 3.23. The third-order valence-corrected chi connectivity index (χ3v) is 5.51. The van der Waals surface area contributed by atoms with E-state index >= 15 is 0 Å². The standard InChI is InChI=1S/C20H17N3O2S/c24-19(22-13-14-6-9-21-10-7-14)18-12-16-17(26-18)8-11-23(16)20(25)15-4-2-1-3-5-15/h1-7,9-10,12H,8,11,13H2,(H,22,24). The van der Waals surface area contributed by atoms with Gasteiger partial charge in [-0.05, 0) is 35.9 Å². The molecular weight excluding hydrogens is 346 g/mol. The number of carbonyl (C=O) groups excluding carboxylic acids is 2. The number of carbonyl (C=O) groups is 2. The minimum absolute atomic E-state index is 0.0223. The van der Waals surface area contributed by atoms with E-state index < -0.39 is 0 Å². The van der Waals surface area contributed by atoms with Crippen LogP contribution in [0.2, 0.25) is 0 Å². The lowest BCUT2D eigenvalue weighted by molar-refractivity contribution is 0.0952. The zero-order valence-corrected chi connectivity index (χ0v) is 14.8. The quantitative estimate of drug-likeness (QED) is 0.774. The monoisotopic (exact) mass is 363 g/mol. The van der Waals surface area contributed by atoms with Crippen LogP contribution in [0.25, 0.3) is 0 Å². The van der Waals surface area contributed by atoms with Crippen molar-refractivity contribution in [3.63, 3.8) is 0 Å². The van der Waals surface area contributed by atoms with Gasteiger partial charge >= 0.3 is 0 Å². The summed E-state index contributed by atoms with van der Waals surface area (Å²) in [7, 11) is 0. The summed E-state index contributed by atoms with van der Waals surface area (Å²) in [6.07, 6.45) is 4.19. The Morgan fingerprint density at radius 3 is 2.65 bits per heavy atom. The van der Waals surface area contributed by atoms with E-state index in [0.29, 0.717) is 23.5 Å². The summed E-state index contributed by atoms with van der Waals surface area (Å²) in [5.74, 6) is -0.140. The van der Waals surface area contributed by atoms with Crippen molar-refractivity contribution in [2.75, 3.05) is 11.4 Å². The van der Waals surface area contributed by atoms with E-state index in [2.05, 4.69) is 10.3 Å². The molecule has 0 atom stereocenters. The van der Waals surface area contributed by atoms with Crippen molar-refractivity contribution in [3.8, 4) is 0 Å². The number of rotatable bonds is 4. The van der Waals surface area contributed by atoms with Gasteiger partial charge in [-0.2, -0.15) is 0 Å². The zero-order valence-electron chi connectivity index (χ0n) is 14.0. The lowest BCUT2D eigenvalue weighted by Gasteiger charge is -2.16. The number of amides is 2. The largest absolute Gasteiger partial charge is 0.347 e. The van der Waals surface area contributed by atoms with Gasteiger partial charge in [0, 0.05) is 42.3 Å². The fourth-order valence-electron chi connectivity index (χ4n) is 2.99. The van der Waals surface area contributed by atoms with Crippen LogP contribution >= 0.6 is 11.3 Å². The van der Waals surface area contributed by atoms with Gasteiger partial charge in [-0.25, -0.2) is 0 Å². The predicted octanol–water partition coefficient (Wildman–Crippen LogP) is 3.28. The van der Waals surface area contributed by atoms with Gasteiger partial charge in [0.15, 0.2) is 0 Å². The molecule has 0 saturated heterocycles. The van der Waals surface area contributed by atoms with E-state index in [1.54, 1.807) is 17.3 Å². The van der Waals surface area contributed by atoms with Crippen LogP contribution in [0.1, 0.15) is 30.5 Å². The highest BCUT2D eigenvalue weighted by Crippen LogP contribution is 2.36. The third-order valence-electron chi connectivity index (χ3n) is 4.33. The average Bonchev–Trinajstić information content (AvgIpc) is 3.28. The lowest BCUT2D eigenvalue weighted by Crippen LogP contribution is -2.29. The molecule has 0 bridgehead atoms. The summed E-state index contributed by atoms with van der Waals surface area (Å²) in [6.45, 7) is 1.12. The van der Waals surface area contributed by atoms with E-state index in [-0.39, 0.29) is 11.8 Å². The van der Waals surface area contributed by atoms with Gasteiger partial charge < -0.3 is 10.2 Å². The number of hydrogen-bond acceptors (Lipinski definition) is 4. The van der Waals surface area contributed by atoms with Crippen LogP contribution in [0.3, 0.4) is 0 Å². The second-order valence-corrected chi connectivity index (χ2v) is 7.17. The number of hydrogen-bond donors (Lipinski definition) is 1. The molecule has 1 aromatic carbocycles. The Hall–Kier alpha value is -2.99. The first-order valence-electron chi connectivity index (χ1n) is 8.39. The first-order valence-corrected chi connectivity index (χ1v) is 9.21. The molecule has 0 unspecified atom stereocenters. The number of nitrogens with zero attached hydrogens (tertiary/aromatic N) is 2. The number of fused-ring (bicyclic) bond motifs is 1. The molecule has 3 heterocycles. The molecule has 1 aliphatic heterocycles. The lowest BCUT2D eigenvalue weighted by atomic mass is 10.2. The van der Waals surface area contributed by atoms with Crippen molar-refractivity contribution in [2.24, 2.45) is 0 Å². The Bertz CT molecular complexity index is 938. The first-order chi connectivity index (χ1) is 12.7. The summed E-state index contributed by atoms with van der Waals surface area (Å²) in [5.41, 5.74) is 2.52. The summed E-state index contributed by atoms with van der Waals surface area (Å²) in [6, 6.07) is 14.8. The minimum atomic E-state index is -0.117. The molecule has 5 nitrogen and oxygen atoms in total. The molecule has 2 amide bonds. The van der Waals surface area contributed by atoms with Crippen LogP contribution in [0, 0.1) is 0 Å². The maximum Gasteiger partial charge on any atom is 0.261 e. The maximum absolute atomic E-state index is 12.7. The van der Waals surface area contributed by atoms with Gasteiger partial charge in [-0.1, -0.05) is 18.2 Å². The second-order valence-electron chi connectivity index (χ2n) is 6.03. The molecule has 2 aromatic heterocycles. The highest BCUT2D eigenvalue weighted by atomic mass is 32.1. The number of nitrogens with one attached hydrogen (secondary N) is 1. The minimum Gasteiger partial charge on any atom is -0.347 e. The Morgan fingerprint density at radius 2 is 1.88 bits per heavy atom. The van der Waals surface area contributed by atoms with Crippen molar-refractivity contribution < 1.29 is 9.59 Å². The molecule has 26 heavy (non-hydrogen) atoms. The number of anilines is 1. The fourth-order valence-corrected chi connectivity index (χ4v) is 4.06. The molecule has 0 aliphatic carbocycles. The molecule has 6 heteroatoms. The van der Waals surface area contributed by atoms with Gasteiger partial charge in [-0.15, -0.1) is 11.3 Å². The molecule has 0 saturated carbocycles. The Kier molecular flexibility index (Phi) is 4.50.